The predicted octanol–water partition coefficient (Wildman–Crippen LogP) is 0.512. The first-order valence-corrected chi connectivity index (χ1v) is 7.52. The van der Waals surface area contributed by atoms with Crippen molar-refractivity contribution in [3.05, 3.63) is 18.2 Å². The summed E-state index contributed by atoms with van der Waals surface area (Å²) in [4.78, 5) is 9.72. The lowest BCUT2D eigenvalue weighted by molar-refractivity contribution is 0.0451. The molecule has 2 fully saturated rings. The summed E-state index contributed by atoms with van der Waals surface area (Å²) < 4.78 is 2.09. The summed E-state index contributed by atoms with van der Waals surface area (Å²) >= 11 is 0. The Hall–Kier alpha value is -0.910. The van der Waals surface area contributed by atoms with Crippen LogP contribution in [-0.2, 0) is 13.1 Å². The third kappa shape index (κ3) is 3.16. The van der Waals surface area contributed by atoms with Crippen molar-refractivity contribution in [2.75, 3.05) is 32.7 Å². The monoisotopic (exact) mass is 263 g/mol. The van der Waals surface area contributed by atoms with Crippen molar-refractivity contribution in [2.24, 2.45) is 5.73 Å². The van der Waals surface area contributed by atoms with Gasteiger partial charge in [-0.15, -0.1) is 0 Å². The largest absolute Gasteiger partial charge is 0.336 e. The first kappa shape index (κ1) is 13.1. The van der Waals surface area contributed by atoms with Gasteiger partial charge in [0.25, 0.3) is 0 Å². The van der Waals surface area contributed by atoms with Gasteiger partial charge in [-0.25, -0.2) is 4.98 Å². The molecule has 0 aromatic carbocycles. The maximum atomic E-state index is 5.56. The maximum absolute atomic E-state index is 5.56. The van der Waals surface area contributed by atoms with Gasteiger partial charge in [-0.05, 0) is 19.4 Å². The van der Waals surface area contributed by atoms with Gasteiger partial charge < -0.3 is 10.3 Å². The minimum absolute atomic E-state index is 0.677. The zero-order valence-corrected chi connectivity index (χ0v) is 11.7. The van der Waals surface area contributed by atoms with Crippen molar-refractivity contribution in [2.45, 2.75) is 38.4 Å². The highest BCUT2D eigenvalue weighted by atomic mass is 15.3. The Morgan fingerprint density at radius 3 is 3.11 bits per heavy atom. The molecule has 0 radical (unpaired) electrons. The molecule has 2 aliphatic rings. The van der Waals surface area contributed by atoms with Crippen LogP contribution in [0.5, 0.6) is 0 Å². The molecule has 0 spiro atoms. The van der Waals surface area contributed by atoms with E-state index in [9.17, 15) is 0 Å². The second kappa shape index (κ2) is 6.03. The van der Waals surface area contributed by atoms with Crippen LogP contribution in [0.3, 0.4) is 0 Å². The summed E-state index contributed by atoms with van der Waals surface area (Å²) in [6.45, 7) is 7.46. The van der Waals surface area contributed by atoms with Crippen LogP contribution in [0, 0.1) is 0 Å². The van der Waals surface area contributed by atoms with Crippen LogP contribution >= 0.6 is 0 Å². The molecule has 1 aromatic heterocycles. The highest BCUT2D eigenvalue weighted by Gasteiger charge is 2.28. The van der Waals surface area contributed by atoms with Gasteiger partial charge in [0.05, 0.1) is 12.0 Å². The van der Waals surface area contributed by atoms with Crippen LogP contribution in [0.25, 0.3) is 0 Å². The summed E-state index contributed by atoms with van der Waals surface area (Å²) in [5.74, 6) is 0. The normalized spacial score (nSPS) is 25.4. The lowest BCUT2D eigenvalue weighted by Crippen LogP contribution is -2.54. The molecule has 1 aromatic rings. The Morgan fingerprint density at radius 1 is 1.26 bits per heavy atom. The lowest BCUT2D eigenvalue weighted by atomic mass is 9.99. The molecule has 0 amide bonds. The molecule has 0 aliphatic carbocycles. The fraction of sp³-hybridized carbons (Fsp3) is 0.786. The number of hydrogen-bond acceptors (Lipinski definition) is 4. The molecular formula is C14H25N5. The zero-order valence-electron chi connectivity index (χ0n) is 11.7. The minimum atomic E-state index is 0.677. The fourth-order valence-electron chi connectivity index (χ4n) is 3.35. The van der Waals surface area contributed by atoms with Crippen molar-refractivity contribution in [1.29, 1.82) is 0 Å². The molecule has 0 saturated carbocycles. The molecule has 2 saturated heterocycles. The van der Waals surface area contributed by atoms with Gasteiger partial charge in [0.15, 0.2) is 0 Å². The summed E-state index contributed by atoms with van der Waals surface area (Å²) in [5.41, 5.74) is 6.74. The van der Waals surface area contributed by atoms with Crippen molar-refractivity contribution in [3.63, 3.8) is 0 Å². The van der Waals surface area contributed by atoms with E-state index in [0.29, 0.717) is 6.54 Å². The molecule has 0 bridgehead atoms. The number of piperazine rings is 1. The third-order valence-corrected chi connectivity index (χ3v) is 4.38. The number of piperidine rings is 1. The maximum Gasteiger partial charge on any atom is 0.0950 e. The molecule has 5 heteroatoms. The molecule has 19 heavy (non-hydrogen) atoms. The van der Waals surface area contributed by atoms with E-state index in [1.807, 2.05) is 6.33 Å². The molecule has 2 N–H and O–H groups in total. The molecule has 5 nitrogen and oxygen atoms in total. The van der Waals surface area contributed by atoms with Crippen LogP contribution in [0.2, 0.25) is 0 Å². The van der Waals surface area contributed by atoms with Crippen LogP contribution in [0.15, 0.2) is 12.5 Å². The molecule has 106 valence electrons. The van der Waals surface area contributed by atoms with Crippen LogP contribution in [0.1, 0.15) is 25.0 Å². The van der Waals surface area contributed by atoms with Gasteiger partial charge in [0.2, 0.25) is 0 Å². The predicted molar refractivity (Wildman–Crippen MR) is 75.8 cm³/mol. The summed E-state index contributed by atoms with van der Waals surface area (Å²) in [6.07, 6.45) is 8.21. The Bertz CT molecular complexity index is 402. The first-order chi connectivity index (χ1) is 9.35. The minimum Gasteiger partial charge on any atom is -0.336 e. The van der Waals surface area contributed by atoms with Crippen molar-refractivity contribution in [1.82, 2.24) is 19.4 Å². The molecule has 1 atom stereocenters. The second-order valence-electron chi connectivity index (χ2n) is 5.81. The summed E-state index contributed by atoms with van der Waals surface area (Å²) in [5, 5.41) is 0. The van der Waals surface area contributed by atoms with E-state index >= 15 is 0 Å². The van der Waals surface area contributed by atoms with Crippen LogP contribution in [-0.4, -0.2) is 58.1 Å². The van der Waals surface area contributed by atoms with Gasteiger partial charge in [-0.2, -0.15) is 0 Å². The molecule has 1 unspecified atom stereocenters. The number of fused-ring (bicyclic) bond motifs is 1. The first-order valence-electron chi connectivity index (χ1n) is 7.52. The summed E-state index contributed by atoms with van der Waals surface area (Å²) in [7, 11) is 0. The van der Waals surface area contributed by atoms with E-state index in [2.05, 4.69) is 25.5 Å². The molecule has 3 rings (SSSR count). The number of rotatable bonds is 4. The topological polar surface area (TPSA) is 50.3 Å². The van der Waals surface area contributed by atoms with Gasteiger partial charge in [-0.1, -0.05) is 6.42 Å². The highest BCUT2D eigenvalue weighted by Crippen LogP contribution is 2.21. The van der Waals surface area contributed by atoms with E-state index in [0.717, 1.165) is 19.1 Å². The quantitative estimate of drug-likeness (QED) is 0.860. The Morgan fingerprint density at radius 2 is 2.21 bits per heavy atom. The van der Waals surface area contributed by atoms with E-state index in [-0.39, 0.29) is 0 Å². The van der Waals surface area contributed by atoms with E-state index in [1.54, 1.807) is 0 Å². The van der Waals surface area contributed by atoms with Crippen molar-refractivity contribution < 1.29 is 0 Å². The number of hydrogen-bond donors (Lipinski definition) is 1. The number of nitrogens with two attached hydrogens (primary N) is 1. The SMILES string of the molecule is NCCn1cnc(CN2CCN3CCCCC3C2)c1. The van der Waals surface area contributed by atoms with Gasteiger partial charge >= 0.3 is 0 Å². The average Bonchev–Trinajstić information content (AvgIpc) is 2.86. The molecule has 2 aliphatic heterocycles. The Balaban J connectivity index is 1.54. The van der Waals surface area contributed by atoms with E-state index in [1.165, 1.54) is 51.1 Å². The number of nitrogens with zero attached hydrogens (tertiary/aromatic N) is 4. The van der Waals surface area contributed by atoms with Crippen molar-refractivity contribution in [3.8, 4) is 0 Å². The van der Waals surface area contributed by atoms with Gasteiger partial charge in [0, 0.05) is 51.5 Å². The van der Waals surface area contributed by atoms with Crippen LogP contribution in [0.4, 0.5) is 0 Å². The van der Waals surface area contributed by atoms with Crippen LogP contribution < -0.4 is 5.73 Å². The van der Waals surface area contributed by atoms with Gasteiger partial charge in [0.1, 0.15) is 0 Å². The van der Waals surface area contributed by atoms with E-state index < -0.39 is 0 Å². The highest BCUT2D eigenvalue weighted by molar-refractivity contribution is 4.98. The summed E-state index contributed by atoms with van der Waals surface area (Å²) in [6, 6.07) is 0.786. The van der Waals surface area contributed by atoms with Gasteiger partial charge in [-0.3, -0.25) is 9.80 Å². The van der Waals surface area contributed by atoms with E-state index in [4.69, 9.17) is 5.73 Å². The number of imidazole rings is 1. The van der Waals surface area contributed by atoms with Crippen molar-refractivity contribution >= 4 is 0 Å². The Kier molecular flexibility index (Phi) is 4.15. The lowest BCUT2D eigenvalue weighted by Gasteiger charge is -2.43. The average molecular weight is 263 g/mol. The number of aromatic nitrogens is 2. The fourth-order valence-corrected chi connectivity index (χ4v) is 3.35. The molecule has 3 heterocycles. The smallest absolute Gasteiger partial charge is 0.0950 e. The standard InChI is InChI=1S/C14H25N5/c15-4-6-18-10-13(16-12-18)9-17-7-8-19-5-2-1-3-14(19)11-17/h10,12,14H,1-9,11,15H2. The Labute approximate surface area is 115 Å². The second-order valence-corrected chi connectivity index (χ2v) is 5.81. The zero-order chi connectivity index (χ0) is 13.1. The third-order valence-electron chi connectivity index (χ3n) is 4.38. The molecular weight excluding hydrogens is 238 g/mol.